The molecule has 0 fully saturated rings. The molecule has 0 radical (unpaired) electrons. The molecule has 0 bridgehead atoms. The summed E-state index contributed by atoms with van der Waals surface area (Å²) in [4.78, 5) is 4.37. The fourth-order valence-electron chi connectivity index (χ4n) is 2.41. The zero-order valence-electron chi connectivity index (χ0n) is 12.6. The Hall–Kier alpha value is -2.67. The van der Waals surface area contributed by atoms with Gasteiger partial charge in [-0.25, -0.2) is 12.4 Å². The number of hydrogen-bond donors (Lipinski definition) is 1. The van der Waals surface area contributed by atoms with Crippen molar-refractivity contribution in [2.45, 2.75) is 18.7 Å². The SMILES string of the molecule is C/C(=N\O)c1nccc2c1ccn2S(=O)(=O)c1ccc(C)cc1. The van der Waals surface area contributed by atoms with Gasteiger partial charge in [0, 0.05) is 17.8 Å². The van der Waals surface area contributed by atoms with Crippen LogP contribution in [0.15, 0.2) is 58.8 Å². The minimum atomic E-state index is -3.70. The van der Waals surface area contributed by atoms with Gasteiger partial charge in [0.1, 0.15) is 5.71 Å². The molecule has 1 aromatic carbocycles. The molecule has 0 saturated carbocycles. The van der Waals surface area contributed by atoms with Crippen molar-refractivity contribution in [3.8, 4) is 0 Å². The number of fused-ring (bicyclic) bond motifs is 1. The van der Waals surface area contributed by atoms with Gasteiger partial charge in [0.15, 0.2) is 0 Å². The van der Waals surface area contributed by atoms with Gasteiger partial charge in [-0.1, -0.05) is 22.9 Å². The predicted molar refractivity (Wildman–Crippen MR) is 87.5 cm³/mol. The first-order valence-corrected chi connectivity index (χ1v) is 8.36. The van der Waals surface area contributed by atoms with Crippen molar-refractivity contribution in [1.29, 1.82) is 0 Å². The first-order valence-electron chi connectivity index (χ1n) is 6.92. The Labute approximate surface area is 133 Å². The lowest BCUT2D eigenvalue weighted by molar-refractivity contribution is 0.319. The number of rotatable bonds is 3. The lowest BCUT2D eigenvalue weighted by Crippen LogP contribution is -2.12. The van der Waals surface area contributed by atoms with Crippen LogP contribution in [0.5, 0.6) is 0 Å². The maximum absolute atomic E-state index is 12.8. The summed E-state index contributed by atoms with van der Waals surface area (Å²) in [6, 6.07) is 9.95. The van der Waals surface area contributed by atoms with Crippen LogP contribution in [-0.2, 0) is 10.0 Å². The van der Waals surface area contributed by atoms with Crippen LogP contribution < -0.4 is 0 Å². The van der Waals surface area contributed by atoms with E-state index < -0.39 is 10.0 Å². The highest BCUT2D eigenvalue weighted by molar-refractivity contribution is 7.90. The Bertz CT molecular complexity index is 1000. The van der Waals surface area contributed by atoms with E-state index in [0.29, 0.717) is 22.3 Å². The molecule has 0 saturated heterocycles. The van der Waals surface area contributed by atoms with Gasteiger partial charge in [0.05, 0.1) is 16.1 Å². The van der Waals surface area contributed by atoms with E-state index in [9.17, 15) is 8.42 Å². The molecule has 0 aliphatic rings. The molecule has 0 aliphatic heterocycles. The Morgan fingerprint density at radius 3 is 2.52 bits per heavy atom. The third-order valence-corrected chi connectivity index (χ3v) is 5.36. The molecule has 2 heterocycles. The summed E-state index contributed by atoms with van der Waals surface area (Å²) in [6.45, 7) is 3.50. The molecule has 118 valence electrons. The molecule has 0 atom stereocenters. The van der Waals surface area contributed by atoms with E-state index in [1.807, 2.05) is 6.92 Å². The molecule has 0 aliphatic carbocycles. The largest absolute Gasteiger partial charge is 0.411 e. The minimum Gasteiger partial charge on any atom is -0.411 e. The highest BCUT2D eigenvalue weighted by Crippen LogP contribution is 2.24. The minimum absolute atomic E-state index is 0.214. The average molecular weight is 329 g/mol. The number of nitrogens with zero attached hydrogens (tertiary/aromatic N) is 3. The van der Waals surface area contributed by atoms with Gasteiger partial charge >= 0.3 is 0 Å². The summed E-state index contributed by atoms with van der Waals surface area (Å²) in [5, 5.41) is 12.7. The van der Waals surface area contributed by atoms with Gasteiger partial charge in [-0.3, -0.25) is 4.98 Å². The number of aromatic nitrogens is 2. The van der Waals surface area contributed by atoms with Crippen molar-refractivity contribution in [2.24, 2.45) is 5.16 Å². The van der Waals surface area contributed by atoms with E-state index in [-0.39, 0.29) is 4.90 Å². The molecule has 3 rings (SSSR count). The van der Waals surface area contributed by atoms with Crippen molar-refractivity contribution >= 4 is 26.6 Å². The Morgan fingerprint density at radius 2 is 1.87 bits per heavy atom. The molecule has 0 spiro atoms. The fourth-order valence-corrected chi connectivity index (χ4v) is 3.76. The molecule has 3 aromatic rings. The number of pyridine rings is 1. The van der Waals surface area contributed by atoms with Crippen LogP contribution in [0.25, 0.3) is 10.9 Å². The second-order valence-corrected chi connectivity index (χ2v) is 7.02. The van der Waals surface area contributed by atoms with Gasteiger partial charge in [0.25, 0.3) is 10.0 Å². The number of benzene rings is 1. The highest BCUT2D eigenvalue weighted by atomic mass is 32.2. The maximum atomic E-state index is 12.8. The molecule has 0 unspecified atom stereocenters. The van der Waals surface area contributed by atoms with Crippen LogP contribution >= 0.6 is 0 Å². The van der Waals surface area contributed by atoms with Gasteiger partial charge in [-0.2, -0.15) is 0 Å². The third-order valence-electron chi connectivity index (χ3n) is 3.65. The summed E-state index contributed by atoms with van der Waals surface area (Å²) < 4.78 is 26.9. The summed E-state index contributed by atoms with van der Waals surface area (Å²) >= 11 is 0. The monoisotopic (exact) mass is 329 g/mol. The predicted octanol–water partition coefficient (Wildman–Crippen LogP) is 2.78. The second-order valence-electron chi connectivity index (χ2n) is 5.21. The molecule has 6 nitrogen and oxygen atoms in total. The summed E-state index contributed by atoms with van der Waals surface area (Å²) in [5.74, 6) is 0. The van der Waals surface area contributed by atoms with Crippen molar-refractivity contribution in [3.63, 3.8) is 0 Å². The topological polar surface area (TPSA) is 84.6 Å². The van der Waals surface area contributed by atoms with Crippen LogP contribution in [0, 0.1) is 6.92 Å². The van der Waals surface area contributed by atoms with Crippen molar-refractivity contribution in [3.05, 3.63) is 60.0 Å². The normalized spacial score (nSPS) is 12.7. The smallest absolute Gasteiger partial charge is 0.268 e. The van der Waals surface area contributed by atoms with Gasteiger partial charge < -0.3 is 5.21 Å². The molecule has 23 heavy (non-hydrogen) atoms. The number of aryl methyl sites for hydroxylation is 1. The Balaban J connectivity index is 2.23. The first kappa shape index (κ1) is 15.2. The zero-order valence-corrected chi connectivity index (χ0v) is 13.4. The average Bonchev–Trinajstić information content (AvgIpc) is 2.99. The Morgan fingerprint density at radius 1 is 1.17 bits per heavy atom. The van der Waals surface area contributed by atoms with E-state index >= 15 is 0 Å². The van der Waals surface area contributed by atoms with E-state index in [1.54, 1.807) is 43.3 Å². The quantitative estimate of drug-likeness (QED) is 0.455. The summed E-state index contributed by atoms with van der Waals surface area (Å²) in [6.07, 6.45) is 2.98. The molecule has 2 aromatic heterocycles. The van der Waals surface area contributed by atoms with E-state index in [4.69, 9.17) is 5.21 Å². The van der Waals surface area contributed by atoms with E-state index in [0.717, 1.165) is 5.56 Å². The molecule has 0 amide bonds. The van der Waals surface area contributed by atoms with Crippen LogP contribution in [0.4, 0.5) is 0 Å². The molecular weight excluding hydrogens is 314 g/mol. The summed E-state index contributed by atoms with van der Waals surface area (Å²) in [7, 11) is -3.70. The molecular formula is C16H15N3O3S. The Kier molecular flexibility index (Phi) is 3.65. The van der Waals surface area contributed by atoms with Gasteiger partial charge in [-0.15, -0.1) is 0 Å². The number of oxime groups is 1. The van der Waals surface area contributed by atoms with Crippen LogP contribution in [0.2, 0.25) is 0 Å². The lowest BCUT2D eigenvalue weighted by Gasteiger charge is -2.08. The maximum Gasteiger partial charge on any atom is 0.268 e. The lowest BCUT2D eigenvalue weighted by atomic mass is 10.2. The molecule has 1 N–H and O–H groups in total. The summed E-state index contributed by atoms with van der Waals surface area (Å²) in [5.41, 5.74) is 2.24. The van der Waals surface area contributed by atoms with Crippen LogP contribution in [0.1, 0.15) is 18.2 Å². The van der Waals surface area contributed by atoms with Gasteiger partial charge in [0.2, 0.25) is 0 Å². The zero-order chi connectivity index (χ0) is 16.6. The second kappa shape index (κ2) is 5.51. The first-order chi connectivity index (χ1) is 10.9. The van der Waals surface area contributed by atoms with Crippen molar-refractivity contribution < 1.29 is 13.6 Å². The van der Waals surface area contributed by atoms with Crippen molar-refractivity contribution in [2.75, 3.05) is 0 Å². The van der Waals surface area contributed by atoms with Crippen molar-refractivity contribution in [1.82, 2.24) is 8.96 Å². The number of hydrogen-bond acceptors (Lipinski definition) is 5. The van der Waals surface area contributed by atoms with E-state index in [1.165, 1.54) is 16.4 Å². The van der Waals surface area contributed by atoms with Crippen LogP contribution in [-0.4, -0.2) is 28.3 Å². The third kappa shape index (κ3) is 2.49. The van der Waals surface area contributed by atoms with Crippen LogP contribution in [0.3, 0.4) is 0 Å². The highest BCUT2D eigenvalue weighted by Gasteiger charge is 2.20. The van der Waals surface area contributed by atoms with E-state index in [2.05, 4.69) is 10.1 Å². The fraction of sp³-hybridized carbons (Fsp3) is 0.125. The standard InChI is InChI=1S/C16H15N3O3S/c1-11-3-5-13(6-4-11)23(21,22)19-10-8-14-15(19)7-9-17-16(14)12(2)18-20/h3-10,20H,1-2H3/b18-12+. The molecule has 7 heteroatoms. The van der Waals surface area contributed by atoms with Gasteiger partial charge in [-0.05, 0) is 38.1 Å².